The number of nitrogens with one attached hydrogen (secondary N) is 1. The van der Waals surface area contributed by atoms with Gasteiger partial charge in [0.25, 0.3) is 0 Å². The second kappa shape index (κ2) is 7.01. The predicted octanol–water partition coefficient (Wildman–Crippen LogP) is 3.81. The number of nitrogens with zero attached hydrogens (tertiary/aromatic N) is 4. The van der Waals surface area contributed by atoms with Gasteiger partial charge in [0, 0.05) is 42.9 Å². The summed E-state index contributed by atoms with van der Waals surface area (Å²) >= 11 is 0. The van der Waals surface area contributed by atoms with E-state index in [0.29, 0.717) is 18.3 Å². The van der Waals surface area contributed by atoms with Gasteiger partial charge >= 0.3 is 0 Å². The summed E-state index contributed by atoms with van der Waals surface area (Å²) in [6.45, 7) is 11.6. The van der Waals surface area contributed by atoms with Gasteiger partial charge in [0.1, 0.15) is 0 Å². The van der Waals surface area contributed by atoms with Crippen LogP contribution in [0.1, 0.15) is 45.4 Å². The standard InChI is InChI=1S/C23H31N5O/c1-14(18-10-21(29)24-11-18)7-17-8-16(9-20-22(17)15(2)27(6)26-20)19-12-25-28(13-19)23(3,4)5/h8-9,12-14,18H,7,10-11H2,1-6H3,(H,24,29)/t14-,18+/m0/s1. The number of benzene rings is 1. The number of hydrogen-bond donors (Lipinski definition) is 1. The Morgan fingerprint density at radius 3 is 2.66 bits per heavy atom. The highest BCUT2D eigenvalue weighted by Crippen LogP contribution is 2.33. The third kappa shape index (κ3) is 3.68. The molecule has 2 atom stereocenters. The van der Waals surface area contributed by atoms with Gasteiger partial charge in [-0.25, -0.2) is 0 Å². The van der Waals surface area contributed by atoms with Gasteiger partial charge in [-0.3, -0.25) is 14.2 Å². The average Bonchev–Trinajstić information content (AvgIpc) is 3.34. The SMILES string of the molecule is Cc1c2c(C[C@H](C)[C@H]3CNC(=O)C3)cc(-c3cnn(C(C)(C)C)c3)cc2nn1C. The van der Waals surface area contributed by atoms with E-state index in [-0.39, 0.29) is 11.4 Å². The minimum atomic E-state index is -0.0523. The number of aromatic nitrogens is 4. The molecular formula is C23H31N5O. The molecule has 1 aromatic carbocycles. The number of carbonyl (C=O) groups excluding carboxylic acids is 1. The Morgan fingerprint density at radius 2 is 2.03 bits per heavy atom. The molecule has 3 heterocycles. The lowest BCUT2D eigenvalue weighted by atomic mass is 9.85. The maximum Gasteiger partial charge on any atom is 0.220 e. The van der Waals surface area contributed by atoms with Crippen molar-refractivity contribution in [2.45, 2.75) is 53.0 Å². The highest BCUT2D eigenvalue weighted by Gasteiger charge is 2.27. The van der Waals surface area contributed by atoms with Crippen LogP contribution in [0.3, 0.4) is 0 Å². The average molecular weight is 394 g/mol. The van der Waals surface area contributed by atoms with Crippen LogP contribution in [0.5, 0.6) is 0 Å². The molecule has 1 amide bonds. The maximum absolute atomic E-state index is 11.7. The lowest BCUT2D eigenvalue weighted by Crippen LogP contribution is -2.21. The summed E-state index contributed by atoms with van der Waals surface area (Å²) in [5.74, 6) is 0.985. The topological polar surface area (TPSA) is 64.7 Å². The fourth-order valence-electron chi connectivity index (χ4n) is 4.29. The second-order valence-electron chi connectivity index (χ2n) is 9.53. The molecule has 0 spiro atoms. The number of rotatable bonds is 4. The Morgan fingerprint density at radius 1 is 1.28 bits per heavy atom. The molecule has 3 aromatic rings. The number of amides is 1. The summed E-state index contributed by atoms with van der Waals surface area (Å²) in [6.07, 6.45) is 5.62. The Balaban J connectivity index is 1.75. The monoisotopic (exact) mass is 393 g/mol. The van der Waals surface area contributed by atoms with Gasteiger partial charge in [0.2, 0.25) is 5.91 Å². The van der Waals surface area contributed by atoms with Crippen molar-refractivity contribution < 1.29 is 4.79 Å². The van der Waals surface area contributed by atoms with Crippen molar-refractivity contribution in [2.75, 3.05) is 6.54 Å². The first-order valence-electron chi connectivity index (χ1n) is 10.4. The molecular weight excluding hydrogens is 362 g/mol. The van der Waals surface area contributed by atoms with Gasteiger partial charge in [0.05, 0.1) is 17.3 Å². The van der Waals surface area contributed by atoms with Gasteiger partial charge < -0.3 is 5.32 Å². The van der Waals surface area contributed by atoms with Crippen molar-refractivity contribution in [2.24, 2.45) is 18.9 Å². The van der Waals surface area contributed by atoms with Crippen LogP contribution in [0.15, 0.2) is 24.5 Å². The van der Waals surface area contributed by atoms with Gasteiger partial charge in [-0.1, -0.05) is 13.0 Å². The fourth-order valence-corrected chi connectivity index (χ4v) is 4.29. The van der Waals surface area contributed by atoms with E-state index in [1.165, 1.54) is 16.6 Å². The first-order valence-corrected chi connectivity index (χ1v) is 10.4. The number of aryl methyl sites for hydroxylation is 2. The van der Waals surface area contributed by atoms with E-state index in [1.54, 1.807) is 0 Å². The quantitative estimate of drug-likeness (QED) is 0.733. The Labute approximate surface area is 172 Å². The van der Waals surface area contributed by atoms with Crippen LogP contribution in [0.2, 0.25) is 0 Å². The van der Waals surface area contributed by atoms with Crippen molar-refractivity contribution in [3.05, 3.63) is 35.8 Å². The minimum absolute atomic E-state index is 0.0523. The summed E-state index contributed by atoms with van der Waals surface area (Å²) < 4.78 is 3.97. The fraction of sp³-hybridized carbons (Fsp3) is 0.522. The third-order valence-corrected chi connectivity index (χ3v) is 6.26. The molecule has 0 unspecified atom stereocenters. The van der Waals surface area contributed by atoms with Crippen molar-refractivity contribution in [1.29, 1.82) is 0 Å². The number of hydrogen-bond acceptors (Lipinski definition) is 3. The zero-order chi connectivity index (χ0) is 20.9. The largest absolute Gasteiger partial charge is 0.356 e. The molecule has 1 fully saturated rings. The first-order chi connectivity index (χ1) is 13.6. The summed E-state index contributed by atoms with van der Waals surface area (Å²) in [5, 5.41) is 13.5. The van der Waals surface area contributed by atoms with Gasteiger partial charge in [-0.15, -0.1) is 0 Å². The summed E-state index contributed by atoms with van der Waals surface area (Å²) in [7, 11) is 2.00. The van der Waals surface area contributed by atoms with Crippen LogP contribution in [0.4, 0.5) is 0 Å². The van der Waals surface area contributed by atoms with Gasteiger partial charge in [0.15, 0.2) is 0 Å². The minimum Gasteiger partial charge on any atom is -0.356 e. The normalized spacial score (nSPS) is 18.4. The van der Waals surface area contributed by atoms with Crippen LogP contribution in [-0.4, -0.2) is 32.0 Å². The van der Waals surface area contributed by atoms with E-state index in [4.69, 9.17) is 5.10 Å². The molecule has 0 aliphatic carbocycles. The van der Waals surface area contributed by atoms with Crippen molar-refractivity contribution in [1.82, 2.24) is 24.9 Å². The summed E-state index contributed by atoms with van der Waals surface area (Å²) in [5.41, 5.74) is 5.71. The molecule has 0 radical (unpaired) electrons. The van der Waals surface area contributed by atoms with E-state index in [0.717, 1.165) is 29.6 Å². The molecule has 6 heteroatoms. The maximum atomic E-state index is 11.7. The van der Waals surface area contributed by atoms with E-state index < -0.39 is 0 Å². The smallest absolute Gasteiger partial charge is 0.220 e. The van der Waals surface area contributed by atoms with E-state index >= 15 is 0 Å². The van der Waals surface area contributed by atoms with Crippen molar-refractivity contribution in [3.8, 4) is 11.1 Å². The van der Waals surface area contributed by atoms with E-state index in [1.807, 2.05) is 22.6 Å². The van der Waals surface area contributed by atoms with Crippen LogP contribution in [0, 0.1) is 18.8 Å². The van der Waals surface area contributed by atoms with Crippen LogP contribution in [0.25, 0.3) is 22.0 Å². The Hall–Kier alpha value is -2.63. The zero-order valence-corrected chi connectivity index (χ0v) is 18.3. The summed E-state index contributed by atoms with van der Waals surface area (Å²) in [4.78, 5) is 11.7. The molecule has 2 aromatic heterocycles. The van der Waals surface area contributed by atoms with Crippen molar-refractivity contribution in [3.63, 3.8) is 0 Å². The highest BCUT2D eigenvalue weighted by atomic mass is 16.1. The van der Waals surface area contributed by atoms with E-state index in [2.05, 4.69) is 63.4 Å². The Bertz CT molecular complexity index is 1070. The molecule has 154 valence electrons. The van der Waals surface area contributed by atoms with Gasteiger partial charge in [-0.05, 0) is 63.1 Å². The lowest BCUT2D eigenvalue weighted by Gasteiger charge is -2.19. The molecule has 29 heavy (non-hydrogen) atoms. The molecule has 1 saturated heterocycles. The Kier molecular flexibility index (Phi) is 4.75. The van der Waals surface area contributed by atoms with E-state index in [9.17, 15) is 4.79 Å². The first kappa shape index (κ1) is 19.7. The molecule has 6 nitrogen and oxygen atoms in total. The van der Waals surface area contributed by atoms with Gasteiger partial charge in [-0.2, -0.15) is 10.2 Å². The van der Waals surface area contributed by atoms with Crippen LogP contribution >= 0.6 is 0 Å². The lowest BCUT2D eigenvalue weighted by molar-refractivity contribution is -0.119. The molecule has 1 aliphatic rings. The molecule has 0 bridgehead atoms. The zero-order valence-electron chi connectivity index (χ0n) is 18.3. The molecule has 4 rings (SSSR count). The second-order valence-corrected chi connectivity index (χ2v) is 9.53. The molecule has 1 aliphatic heterocycles. The third-order valence-electron chi connectivity index (χ3n) is 6.26. The van der Waals surface area contributed by atoms with Crippen LogP contribution in [-0.2, 0) is 23.8 Å². The number of fused-ring (bicyclic) bond motifs is 1. The molecule has 1 N–H and O–H groups in total. The predicted molar refractivity (Wildman–Crippen MR) is 116 cm³/mol. The van der Waals surface area contributed by atoms with Crippen molar-refractivity contribution >= 4 is 16.8 Å². The number of carbonyl (C=O) groups is 1. The highest BCUT2D eigenvalue weighted by molar-refractivity contribution is 5.89. The van der Waals surface area contributed by atoms with Crippen LogP contribution < -0.4 is 5.32 Å². The molecule has 0 saturated carbocycles. The summed E-state index contributed by atoms with van der Waals surface area (Å²) in [6, 6.07) is 4.46.